The van der Waals surface area contributed by atoms with Crippen molar-refractivity contribution in [2.45, 2.75) is 13.5 Å². The van der Waals surface area contributed by atoms with Gasteiger partial charge in [-0.05, 0) is 31.3 Å². The van der Waals surface area contributed by atoms with Crippen molar-refractivity contribution in [3.05, 3.63) is 46.0 Å². The lowest BCUT2D eigenvalue weighted by atomic mass is 10.2. The molecule has 2 heterocycles. The molecule has 0 saturated carbocycles. The van der Waals surface area contributed by atoms with Crippen LogP contribution in [0, 0.1) is 23.0 Å². The predicted molar refractivity (Wildman–Crippen MR) is 78.9 cm³/mol. The molecule has 0 fully saturated rings. The number of hydrogen-bond donors (Lipinski definition) is 1. The van der Waals surface area contributed by atoms with E-state index < -0.39 is 0 Å². The number of rotatable bonds is 2. The normalized spacial score (nSPS) is 10.8. The lowest BCUT2D eigenvalue weighted by molar-refractivity contribution is 0.755. The highest BCUT2D eigenvalue weighted by Crippen LogP contribution is 2.20. The van der Waals surface area contributed by atoms with Gasteiger partial charge in [0.05, 0.1) is 28.8 Å². The quantitative estimate of drug-likeness (QED) is 0.735. The molecule has 2 aromatic heterocycles. The number of nitriles is 1. The smallest absolute Gasteiger partial charge is 0.178 e. The van der Waals surface area contributed by atoms with Gasteiger partial charge in [0.25, 0.3) is 0 Å². The van der Waals surface area contributed by atoms with Crippen LogP contribution in [-0.4, -0.2) is 19.3 Å². The first-order valence-corrected chi connectivity index (χ1v) is 6.61. The Morgan fingerprint density at radius 2 is 2.25 bits per heavy atom. The molecule has 0 amide bonds. The Morgan fingerprint density at radius 1 is 1.45 bits per heavy atom. The van der Waals surface area contributed by atoms with Crippen molar-refractivity contribution < 1.29 is 0 Å². The van der Waals surface area contributed by atoms with Gasteiger partial charge in [-0.3, -0.25) is 4.68 Å². The fourth-order valence-corrected chi connectivity index (χ4v) is 2.67. The fourth-order valence-electron chi connectivity index (χ4n) is 2.40. The molecule has 0 aliphatic heterocycles. The first-order chi connectivity index (χ1) is 9.60. The molecule has 1 N–H and O–H groups in total. The number of hydrogen-bond acceptors (Lipinski definition) is 3. The van der Waals surface area contributed by atoms with E-state index in [9.17, 15) is 0 Å². The van der Waals surface area contributed by atoms with E-state index in [-0.39, 0.29) is 0 Å². The summed E-state index contributed by atoms with van der Waals surface area (Å²) in [6.07, 6.45) is 1.99. The second kappa shape index (κ2) is 4.62. The molecule has 3 rings (SSSR count). The molecular formula is C14H13N5S. The summed E-state index contributed by atoms with van der Waals surface area (Å²) in [6.45, 7) is 2.63. The van der Waals surface area contributed by atoms with Gasteiger partial charge in [-0.15, -0.1) is 0 Å². The molecule has 0 spiro atoms. The van der Waals surface area contributed by atoms with Gasteiger partial charge in [0, 0.05) is 18.8 Å². The molecule has 0 aliphatic rings. The van der Waals surface area contributed by atoms with E-state index in [1.165, 1.54) is 0 Å². The molecule has 3 aromatic rings. The zero-order valence-corrected chi connectivity index (χ0v) is 12.0. The highest BCUT2D eigenvalue weighted by Gasteiger charge is 2.10. The van der Waals surface area contributed by atoms with Gasteiger partial charge in [0.1, 0.15) is 6.07 Å². The van der Waals surface area contributed by atoms with E-state index in [1.54, 1.807) is 10.7 Å². The summed E-state index contributed by atoms with van der Waals surface area (Å²) < 4.78 is 4.41. The SMILES string of the molecule is Cc1nn(C)cc1Cn1c(=S)[nH]c2c(C#N)cccc21. The van der Waals surface area contributed by atoms with Gasteiger partial charge in [-0.25, -0.2) is 0 Å². The number of H-pyrrole nitrogens is 1. The summed E-state index contributed by atoms with van der Waals surface area (Å²) >= 11 is 5.38. The largest absolute Gasteiger partial charge is 0.329 e. The van der Waals surface area contributed by atoms with Crippen molar-refractivity contribution in [1.82, 2.24) is 19.3 Å². The second-order valence-corrected chi connectivity index (χ2v) is 5.13. The van der Waals surface area contributed by atoms with Gasteiger partial charge in [-0.2, -0.15) is 10.4 Å². The number of fused-ring (bicyclic) bond motifs is 1. The number of benzene rings is 1. The van der Waals surface area contributed by atoms with Crippen molar-refractivity contribution in [3.63, 3.8) is 0 Å². The molecule has 1 aromatic carbocycles. The average Bonchev–Trinajstić information content (AvgIpc) is 2.90. The van der Waals surface area contributed by atoms with Crippen LogP contribution in [0.3, 0.4) is 0 Å². The van der Waals surface area contributed by atoms with Crippen LogP contribution in [-0.2, 0) is 13.6 Å². The molecule has 5 nitrogen and oxygen atoms in total. The Balaban J connectivity index is 2.18. The average molecular weight is 283 g/mol. The number of aromatic amines is 1. The Labute approximate surface area is 121 Å². The summed E-state index contributed by atoms with van der Waals surface area (Å²) in [5, 5.41) is 13.5. The number of imidazole rings is 1. The highest BCUT2D eigenvalue weighted by atomic mass is 32.1. The van der Waals surface area contributed by atoms with Gasteiger partial charge in [0.15, 0.2) is 4.77 Å². The second-order valence-electron chi connectivity index (χ2n) is 4.74. The summed E-state index contributed by atoms with van der Waals surface area (Å²) in [4.78, 5) is 3.12. The number of nitrogens with one attached hydrogen (secondary N) is 1. The summed E-state index contributed by atoms with van der Waals surface area (Å²) in [7, 11) is 1.90. The maximum Gasteiger partial charge on any atom is 0.178 e. The Bertz CT molecular complexity index is 891. The third kappa shape index (κ3) is 1.92. The monoisotopic (exact) mass is 283 g/mol. The standard InChI is InChI=1S/C14H13N5S/c1-9-11(7-18(2)17-9)8-19-12-5-3-4-10(6-15)13(12)16-14(19)20/h3-5,7H,8H2,1-2H3,(H,16,20). The Hall–Kier alpha value is -2.39. The first-order valence-electron chi connectivity index (χ1n) is 6.21. The van der Waals surface area contributed by atoms with Crippen molar-refractivity contribution in [2.75, 3.05) is 0 Å². The molecule has 0 radical (unpaired) electrons. The lowest BCUT2D eigenvalue weighted by Crippen LogP contribution is -2.00. The molecule has 100 valence electrons. The van der Waals surface area contributed by atoms with Crippen LogP contribution in [0.25, 0.3) is 11.0 Å². The van der Waals surface area contributed by atoms with E-state index in [0.717, 1.165) is 22.3 Å². The Morgan fingerprint density at radius 3 is 2.90 bits per heavy atom. The van der Waals surface area contributed by atoms with Gasteiger partial charge >= 0.3 is 0 Å². The summed E-state index contributed by atoms with van der Waals surface area (Å²) in [6, 6.07) is 7.81. The molecule has 20 heavy (non-hydrogen) atoms. The minimum atomic E-state index is 0.607. The Kier molecular flexibility index (Phi) is 2.92. The number of para-hydroxylation sites is 1. The summed E-state index contributed by atoms with van der Waals surface area (Å²) in [5.41, 5.74) is 4.45. The van der Waals surface area contributed by atoms with Crippen molar-refractivity contribution in [1.29, 1.82) is 5.26 Å². The molecule has 0 unspecified atom stereocenters. The van der Waals surface area contributed by atoms with Crippen molar-refractivity contribution in [2.24, 2.45) is 7.05 Å². The van der Waals surface area contributed by atoms with Crippen molar-refractivity contribution in [3.8, 4) is 6.07 Å². The molecule has 6 heteroatoms. The topological polar surface area (TPSA) is 62.3 Å². The third-order valence-electron chi connectivity index (χ3n) is 3.37. The van der Waals surface area contributed by atoms with Gasteiger partial charge in [-0.1, -0.05) is 6.07 Å². The van der Waals surface area contributed by atoms with Crippen LogP contribution >= 0.6 is 12.2 Å². The maximum absolute atomic E-state index is 9.15. The van der Waals surface area contributed by atoms with Gasteiger partial charge in [0.2, 0.25) is 0 Å². The third-order valence-corrected chi connectivity index (χ3v) is 3.70. The molecule has 0 aliphatic carbocycles. The van der Waals surface area contributed by atoms with Crippen LogP contribution in [0.15, 0.2) is 24.4 Å². The van der Waals surface area contributed by atoms with Crippen LogP contribution in [0.5, 0.6) is 0 Å². The van der Waals surface area contributed by atoms with E-state index in [1.807, 2.05) is 36.9 Å². The van der Waals surface area contributed by atoms with E-state index in [4.69, 9.17) is 17.5 Å². The van der Waals surface area contributed by atoms with E-state index >= 15 is 0 Å². The highest BCUT2D eigenvalue weighted by molar-refractivity contribution is 7.71. The van der Waals surface area contributed by atoms with Crippen LogP contribution in [0.4, 0.5) is 0 Å². The van der Waals surface area contributed by atoms with Gasteiger partial charge < -0.3 is 9.55 Å². The minimum Gasteiger partial charge on any atom is -0.329 e. The number of nitrogens with zero attached hydrogens (tertiary/aromatic N) is 4. The van der Waals surface area contributed by atoms with Crippen LogP contribution < -0.4 is 0 Å². The minimum absolute atomic E-state index is 0.607. The van der Waals surface area contributed by atoms with E-state index in [0.29, 0.717) is 16.9 Å². The lowest BCUT2D eigenvalue weighted by Gasteiger charge is -2.03. The molecule has 0 saturated heterocycles. The summed E-state index contributed by atoms with van der Waals surface area (Å²) in [5.74, 6) is 0. The first kappa shape index (κ1) is 12.6. The zero-order chi connectivity index (χ0) is 14.3. The van der Waals surface area contributed by atoms with Crippen LogP contribution in [0.1, 0.15) is 16.8 Å². The van der Waals surface area contributed by atoms with Crippen LogP contribution in [0.2, 0.25) is 0 Å². The number of aromatic nitrogens is 4. The molecule has 0 bridgehead atoms. The predicted octanol–water partition coefficient (Wildman–Crippen LogP) is 2.66. The molecule has 0 atom stereocenters. The molecular weight excluding hydrogens is 270 g/mol. The number of aryl methyl sites for hydroxylation is 2. The fraction of sp³-hybridized carbons (Fsp3) is 0.214. The zero-order valence-electron chi connectivity index (χ0n) is 11.2. The van der Waals surface area contributed by atoms with E-state index in [2.05, 4.69) is 16.2 Å². The maximum atomic E-state index is 9.15. The van der Waals surface area contributed by atoms with Crippen molar-refractivity contribution >= 4 is 23.3 Å².